The number of rotatable bonds is 8. The van der Waals surface area contributed by atoms with Gasteiger partial charge in [-0.1, -0.05) is 30.3 Å². The van der Waals surface area contributed by atoms with Crippen LogP contribution in [0.25, 0.3) is 0 Å². The van der Waals surface area contributed by atoms with Gasteiger partial charge in [0.2, 0.25) is 0 Å². The third-order valence-corrected chi connectivity index (χ3v) is 6.54. The second-order valence-corrected chi connectivity index (χ2v) is 8.91. The number of anilines is 1. The van der Waals surface area contributed by atoms with E-state index in [4.69, 9.17) is 9.47 Å². The highest BCUT2D eigenvalue weighted by Crippen LogP contribution is 2.30. The van der Waals surface area contributed by atoms with Crippen molar-refractivity contribution in [3.05, 3.63) is 83.4 Å². The van der Waals surface area contributed by atoms with Crippen molar-refractivity contribution >= 4 is 21.6 Å². The van der Waals surface area contributed by atoms with Gasteiger partial charge in [-0.2, -0.15) is 0 Å². The molecule has 0 radical (unpaired) electrons. The molecule has 0 saturated carbocycles. The predicted octanol–water partition coefficient (Wildman–Crippen LogP) is 4.30. The van der Waals surface area contributed by atoms with Gasteiger partial charge in [0.05, 0.1) is 25.2 Å². The van der Waals surface area contributed by atoms with E-state index in [9.17, 15) is 13.2 Å². The first kappa shape index (κ1) is 23.1. The molecule has 8 heteroatoms. The Balaban J connectivity index is 1.82. The van der Waals surface area contributed by atoms with E-state index in [0.717, 1.165) is 5.56 Å². The number of hydrogen-bond donors (Lipinski definition) is 2. The number of carbonyl (C=O) groups excluding carboxylic acids is 1. The number of nitrogens with one attached hydrogen (secondary N) is 2. The van der Waals surface area contributed by atoms with E-state index in [0.29, 0.717) is 22.7 Å². The van der Waals surface area contributed by atoms with Gasteiger partial charge in [-0.25, -0.2) is 8.42 Å². The second-order valence-electron chi connectivity index (χ2n) is 7.26. The van der Waals surface area contributed by atoms with Crippen LogP contribution in [0.4, 0.5) is 5.69 Å². The van der Waals surface area contributed by atoms with Crippen LogP contribution in [0.15, 0.2) is 71.6 Å². The van der Waals surface area contributed by atoms with Crippen molar-refractivity contribution < 1.29 is 22.7 Å². The lowest BCUT2D eigenvalue weighted by molar-refractivity contribution is 0.0939. The highest BCUT2D eigenvalue weighted by molar-refractivity contribution is 7.92. The van der Waals surface area contributed by atoms with E-state index in [-0.39, 0.29) is 22.4 Å². The van der Waals surface area contributed by atoms with E-state index in [1.165, 1.54) is 6.07 Å². The molecule has 3 aromatic rings. The maximum atomic E-state index is 12.9. The van der Waals surface area contributed by atoms with Gasteiger partial charge in [0.25, 0.3) is 15.9 Å². The van der Waals surface area contributed by atoms with Crippen LogP contribution in [0.1, 0.15) is 34.5 Å². The van der Waals surface area contributed by atoms with Gasteiger partial charge in [-0.3, -0.25) is 9.52 Å². The van der Waals surface area contributed by atoms with Crippen LogP contribution >= 0.6 is 0 Å². The number of sulfonamides is 1. The van der Waals surface area contributed by atoms with Gasteiger partial charge < -0.3 is 14.8 Å². The summed E-state index contributed by atoms with van der Waals surface area (Å²) < 4.78 is 38.9. The van der Waals surface area contributed by atoms with Crippen LogP contribution < -0.4 is 19.5 Å². The number of benzene rings is 3. The first-order valence-corrected chi connectivity index (χ1v) is 11.4. The lowest BCUT2D eigenvalue weighted by Gasteiger charge is -2.17. The zero-order chi connectivity index (χ0) is 23.3. The minimum atomic E-state index is -3.86. The van der Waals surface area contributed by atoms with Crippen LogP contribution in [0.3, 0.4) is 0 Å². The molecule has 0 aliphatic rings. The summed E-state index contributed by atoms with van der Waals surface area (Å²) in [5, 5.41) is 2.90. The molecule has 0 bridgehead atoms. The van der Waals surface area contributed by atoms with Gasteiger partial charge in [0.1, 0.15) is 0 Å². The standard InChI is InChI=1S/C24H26N2O5S/c1-16-10-11-19(15-23(16)32(28,29)26-20-8-6-5-7-9-20)24(27)25-17(2)18-12-13-21(30-3)22(14-18)31-4/h5-15,17,26H,1-4H3,(H,25,27)/t17-/m1/s1. The Morgan fingerprint density at radius 2 is 1.59 bits per heavy atom. The van der Waals surface area contributed by atoms with Crippen LogP contribution in [0.2, 0.25) is 0 Å². The zero-order valence-corrected chi connectivity index (χ0v) is 19.2. The maximum absolute atomic E-state index is 12.9. The number of ether oxygens (including phenoxy) is 2. The number of aryl methyl sites for hydroxylation is 1. The minimum Gasteiger partial charge on any atom is -0.493 e. The molecular formula is C24H26N2O5S. The number of carbonyl (C=O) groups is 1. The molecule has 7 nitrogen and oxygen atoms in total. The van der Waals surface area contributed by atoms with Gasteiger partial charge in [-0.15, -0.1) is 0 Å². The Hall–Kier alpha value is -3.52. The smallest absolute Gasteiger partial charge is 0.262 e. The first-order valence-electron chi connectivity index (χ1n) is 9.96. The monoisotopic (exact) mass is 454 g/mol. The summed E-state index contributed by atoms with van der Waals surface area (Å²) in [6, 6.07) is 18.3. The molecule has 0 fully saturated rings. The van der Waals surface area contributed by atoms with E-state index < -0.39 is 10.0 Å². The fourth-order valence-corrected chi connectivity index (χ4v) is 4.56. The lowest BCUT2D eigenvalue weighted by Crippen LogP contribution is -2.27. The van der Waals surface area contributed by atoms with Crippen LogP contribution in [-0.4, -0.2) is 28.5 Å². The summed E-state index contributed by atoms with van der Waals surface area (Å²) >= 11 is 0. The fraction of sp³-hybridized carbons (Fsp3) is 0.208. The fourth-order valence-electron chi connectivity index (χ4n) is 3.23. The van der Waals surface area contributed by atoms with E-state index in [1.807, 2.05) is 13.0 Å². The average Bonchev–Trinajstić information content (AvgIpc) is 2.78. The van der Waals surface area contributed by atoms with E-state index in [2.05, 4.69) is 10.0 Å². The van der Waals surface area contributed by atoms with Gasteiger partial charge in [0, 0.05) is 11.3 Å². The molecule has 2 N–H and O–H groups in total. The summed E-state index contributed by atoms with van der Waals surface area (Å²) in [4.78, 5) is 12.9. The summed E-state index contributed by atoms with van der Waals surface area (Å²) in [7, 11) is -0.760. The molecule has 0 aliphatic heterocycles. The zero-order valence-electron chi connectivity index (χ0n) is 18.4. The summed E-state index contributed by atoms with van der Waals surface area (Å²) in [5.74, 6) is 0.763. The molecule has 0 aromatic heterocycles. The maximum Gasteiger partial charge on any atom is 0.262 e. The summed E-state index contributed by atoms with van der Waals surface area (Å²) in [6.45, 7) is 3.52. The molecule has 1 amide bonds. The summed E-state index contributed by atoms with van der Waals surface area (Å²) in [5.41, 5.74) is 2.06. The van der Waals surface area contributed by atoms with Crippen molar-refractivity contribution in [2.75, 3.05) is 18.9 Å². The highest BCUT2D eigenvalue weighted by atomic mass is 32.2. The van der Waals surface area contributed by atoms with Crippen molar-refractivity contribution in [3.63, 3.8) is 0 Å². The molecule has 0 saturated heterocycles. The topological polar surface area (TPSA) is 93.7 Å². The Morgan fingerprint density at radius 1 is 0.906 bits per heavy atom. The van der Waals surface area contributed by atoms with E-state index in [1.54, 1.807) is 75.7 Å². The van der Waals surface area contributed by atoms with Crippen molar-refractivity contribution in [2.45, 2.75) is 24.8 Å². The van der Waals surface area contributed by atoms with Crippen LogP contribution in [0, 0.1) is 6.92 Å². The number of para-hydroxylation sites is 1. The van der Waals surface area contributed by atoms with Crippen LogP contribution in [-0.2, 0) is 10.0 Å². The Labute approximate surface area is 188 Å². The molecule has 0 unspecified atom stereocenters. The Bertz CT molecular complexity index is 1210. The molecular weight excluding hydrogens is 428 g/mol. The third kappa shape index (κ3) is 5.20. The van der Waals surface area contributed by atoms with Crippen molar-refractivity contribution in [3.8, 4) is 11.5 Å². The molecule has 32 heavy (non-hydrogen) atoms. The highest BCUT2D eigenvalue weighted by Gasteiger charge is 2.20. The number of hydrogen-bond acceptors (Lipinski definition) is 5. The second kappa shape index (κ2) is 9.74. The molecule has 1 atom stereocenters. The average molecular weight is 455 g/mol. The van der Waals surface area contributed by atoms with Gasteiger partial charge >= 0.3 is 0 Å². The minimum absolute atomic E-state index is 0.0489. The molecule has 0 spiro atoms. The van der Waals surface area contributed by atoms with Crippen LogP contribution in [0.5, 0.6) is 11.5 Å². The molecule has 3 rings (SSSR count). The van der Waals surface area contributed by atoms with Crippen molar-refractivity contribution in [2.24, 2.45) is 0 Å². The van der Waals surface area contributed by atoms with Crippen molar-refractivity contribution in [1.82, 2.24) is 5.32 Å². The molecule has 3 aromatic carbocycles. The lowest BCUT2D eigenvalue weighted by atomic mass is 10.1. The normalized spacial score (nSPS) is 12.0. The third-order valence-electron chi connectivity index (χ3n) is 5.02. The Kier molecular flexibility index (Phi) is 7.05. The summed E-state index contributed by atoms with van der Waals surface area (Å²) in [6.07, 6.45) is 0. The predicted molar refractivity (Wildman–Crippen MR) is 124 cm³/mol. The van der Waals surface area contributed by atoms with Gasteiger partial charge in [0.15, 0.2) is 11.5 Å². The molecule has 0 aliphatic carbocycles. The molecule has 0 heterocycles. The quantitative estimate of drug-likeness (QED) is 0.529. The Morgan fingerprint density at radius 3 is 2.25 bits per heavy atom. The number of methoxy groups -OCH3 is 2. The van der Waals surface area contributed by atoms with E-state index >= 15 is 0 Å². The first-order chi connectivity index (χ1) is 15.2. The largest absolute Gasteiger partial charge is 0.493 e. The van der Waals surface area contributed by atoms with Crippen molar-refractivity contribution in [1.29, 1.82) is 0 Å². The number of amides is 1. The van der Waals surface area contributed by atoms with Gasteiger partial charge in [-0.05, 0) is 61.4 Å². The SMILES string of the molecule is COc1ccc([C@@H](C)NC(=O)c2ccc(C)c(S(=O)(=O)Nc3ccccc3)c2)cc1OC. The molecule has 168 valence electrons.